The van der Waals surface area contributed by atoms with Gasteiger partial charge in [0.15, 0.2) is 0 Å². The number of fused-ring (bicyclic) bond motifs is 1. The number of aromatic nitrogens is 2. The zero-order chi connectivity index (χ0) is 21.5. The smallest absolute Gasteiger partial charge is 0.273 e. The number of carbonyl (C=O) groups excluding carboxylic acids is 1. The molecule has 6 heteroatoms. The minimum Gasteiger partial charge on any atom is -0.497 e. The van der Waals surface area contributed by atoms with E-state index in [4.69, 9.17) is 9.47 Å². The lowest BCUT2D eigenvalue weighted by Gasteiger charge is -2.32. The highest BCUT2D eigenvalue weighted by atomic mass is 16.5. The molecule has 0 spiro atoms. The molecule has 160 valence electrons. The van der Waals surface area contributed by atoms with Gasteiger partial charge in [0.05, 0.1) is 26.0 Å². The van der Waals surface area contributed by atoms with E-state index in [0.29, 0.717) is 11.4 Å². The molecule has 1 N–H and O–H groups in total. The monoisotopic (exact) mass is 417 g/mol. The molecule has 5 rings (SSSR count). The fraction of sp³-hybridized carbons (Fsp3) is 0.360. The number of hydrogen-bond acceptors (Lipinski definition) is 4. The number of benzene rings is 2. The number of H-pyrrole nitrogens is 1. The van der Waals surface area contributed by atoms with Gasteiger partial charge in [-0.3, -0.25) is 9.89 Å². The summed E-state index contributed by atoms with van der Waals surface area (Å²) in [5, 5.41) is 7.63. The first-order chi connectivity index (χ1) is 15.1. The number of hydrogen-bond donors (Lipinski definition) is 1. The summed E-state index contributed by atoms with van der Waals surface area (Å²) in [5.41, 5.74) is 5.49. The van der Waals surface area contributed by atoms with Gasteiger partial charge in [0.1, 0.15) is 17.2 Å². The molecule has 2 aliphatic rings. The fourth-order valence-electron chi connectivity index (χ4n) is 5.01. The topological polar surface area (TPSA) is 67.5 Å². The highest BCUT2D eigenvalue weighted by Gasteiger charge is 2.46. The maximum Gasteiger partial charge on any atom is 0.273 e. The Labute approximate surface area is 182 Å². The second kappa shape index (κ2) is 7.76. The van der Waals surface area contributed by atoms with Crippen molar-refractivity contribution in [2.24, 2.45) is 0 Å². The molecule has 1 aliphatic carbocycles. The number of methoxy groups -OCH3 is 2. The Kier molecular flexibility index (Phi) is 4.93. The molecule has 0 saturated heterocycles. The third-order valence-electron chi connectivity index (χ3n) is 6.58. The maximum atomic E-state index is 13.6. The molecule has 1 fully saturated rings. The predicted molar refractivity (Wildman–Crippen MR) is 119 cm³/mol. The molecule has 1 aliphatic heterocycles. The van der Waals surface area contributed by atoms with Gasteiger partial charge in [0.2, 0.25) is 0 Å². The molecular formula is C25H27N3O3. The highest BCUT2D eigenvalue weighted by Crippen LogP contribution is 2.48. The predicted octanol–water partition coefficient (Wildman–Crippen LogP) is 4.89. The Morgan fingerprint density at radius 1 is 1.03 bits per heavy atom. The van der Waals surface area contributed by atoms with E-state index in [0.717, 1.165) is 53.8 Å². The number of aromatic amines is 1. The Bertz CT molecular complexity index is 1110. The largest absolute Gasteiger partial charge is 0.497 e. The first kappa shape index (κ1) is 19.7. The number of aryl methyl sites for hydroxylation is 1. The van der Waals surface area contributed by atoms with Gasteiger partial charge in [-0.2, -0.15) is 5.10 Å². The van der Waals surface area contributed by atoms with Gasteiger partial charge in [0.25, 0.3) is 5.91 Å². The molecule has 1 amide bonds. The molecule has 31 heavy (non-hydrogen) atoms. The number of amides is 1. The van der Waals surface area contributed by atoms with Gasteiger partial charge < -0.3 is 14.4 Å². The first-order valence-electron chi connectivity index (χ1n) is 10.8. The van der Waals surface area contributed by atoms with Gasteiger partial charge in [-0.1, -0.05) is 42.7 Å². The molecular weight excluding hydrogens is 390 g/mol. The van der Waals surface area contributed by atoms with Crippen molar-refractivity contribution in [1.82, 2.24) is 15.1 Å². The quantitative estimate of drug-likeness (QED) is 0.642. The van der Waals surface area contributed by atoms with Gasteiger partial charge >= 0.3 is 0 Å². The van der Waals surface area contributed by atoms with Crippen molar-refractivity contribution in [3.05, 3.63) is 64.8 Å². The summed E-state index contributed by atoms with van der Waals surface area (Å²) >= 11 is 0. The Morgan fingerprint density at radius 3 is 2.45 bits per heavy atom. The molecule has 3 aromatic rings. The third-order valence-corrected chi connectivity index (χ3v) is 6.58. The summed E-state index contributed by atoms with van der Waals surface area (Å²) in [7, 11) is 3.30. The molecule has 2 heterocycles. The molecule has 1 saturated carbocycles. The van der Waals surface area contributed by atoms with Crippen LogP contribution in [0.15, 0.2) is 42.5 Å². The summed E-state index contributed by atoms with van der Waals surface area (Å²) in [6.07, 6.45) is 4.35. The van der Waals surface area contributed by atoms with Crippen LogP contribution in [-0.2, 0) is 0 Å². The van der Waals surface area contributed by atoms with E-state index in [1.165, 1.54) is 5.56 Å². The van der Waals surface area contributed by atoms with E-state index in [1.54, 1.807) is 14.2 Å². The summed E-state index contributed by atoms with van der Waals surface area (Å²) in [5.74, 6) is 1.46. The van der Waals surface area contributed by atoms with Gasteiger partial charge in [0, 0.05) is 28.8 Å². The van der Waals surface area contributed by atoms with Crippen molar-refractivity contribution >= 4 is 5.91 Å². The van der Waals surface area contributed by atoms with Crippen molar-refractivity contribution in [3.8, 4) is 22.8 Å². The average molecular weight is 418 g/mol. The Morgan fingerprint density at radius 2 is 1.77 bits per heavy atom. The number of nitrogens with zero attached hydrogens (tertiary/aromatic N) is 2. The van der Waals surface area contributed by atoms with Crippen LogP contribution in [-0.4, -0.2) is 41.3 Å². The zero-order valence-corrected chi connectivity index (χ0v) is 18.1. The van der Waals surface area contributed by atoms with E-state index >= 15 is 0 Å². The van der Waals surface area contributed by atoms with E-state index < -0.39 is 0 Å². The van der Waals surface area contributed by atoms with E-state index in [9.17, 15) is 4.79 Å². The van der Waals surface area contributed by atoms with E-state index in [-0.39, 0.29) is 18.0 Å². The number of ether oxygens (including phenoxy) is 2. The second-order valence-corrected chi connectivity index (χ2v) is 8.39. The molecule has 1 aromatic heterocycles. The van der Waals surface area contributed by atoms with Gasteiger partial charge in [-0.05, 0) is 31.9 Å². The van der Waals surface area contributed by atoms with Crippen LogP contribution < -0.4 is 9.47 Å². The third kappa shape index (κ3) is 3.17. The van der Waals surface area contributed by atoms with Crippen LogP contribution in [0.2, 0.25) is 0 Å². The number of nitrogens with one attached hydrogen (secondary N) is 1. The molecule has 0 radical (unpaired) electrons. The van der Waals surface area contributed by atoms with Crippen LogP contribution in [0.1, 0.15) is 58.9 Å². The van der Waals surface area contributed by atoms with Gasteiger partial charge in [-0.15, -0.1) is 0 Å². The summed E-state index contributed by atoms with van der Waals surface area (Å²) in [4.78, 5) is 15.6. The van der Waals surface area contributed by atoms with Crippen LogP contribution in [0.5, 0.6) is 11.5 Å². The average Bonchev–Trinajstić information content (AvgIpc) is 3.52. The normalized spacial score (nSPS) is 18.5. The Balaban J connectivity index is 1.70. The molecule has 1 atom stereocenters. The van der Waals surface area contributed by atoms with Gasteiger partial charge in [-0.25, -0.2) is 0 Å². The standard InChI is InChI=1S/C25H27N3O3/c1-15-8-10-16(11-9-15)22-21-23(27-26-22)25(29)28(17-6-4-5-7-17)24(21)19-13-12-18(30-2)14-20(19)31-3/h8-14,17,24H,4-7H2,1-3H3,(H,26,27). The van der Waals surface area contributed by atoms with Crippen molar-refractivity contribution < 1.29 is 14.3 Å². The number of carbonyl (C=O) groups is 1. The lowest BCUT2D eigenvalue weighted by molar-refractivity contribution is 0.0658. The molecule has 0 bridgehead atoms. The van der Waals surface area contributed by atoms with Crippen LogP contribution >= 0.6 is 0 Å². The van der Waals surface area contributed by atoms with Crippen molar-refractivity contribution in [3.63, 3.8) is 0 Å². The van der Waals surface area contributed by atoms with Crippen LogP contribution in [0, 0.1) is 6.92 Å². The first-order valence-corrected chi connectivity index (χ1v) is 10.8. The maximum absolute atomic E-state index is 13.6. The lowest BCUT2D eigenvalue weighted by atomic mass is 9.94. The zero-order valence-electron chi connectivity index (χ0n) is 18.1. The van der Waals surface area contributed by atoms with Crippen LogP contribution in [0.25, 0.3) is 11.3 Å². The van der Waals surface area contributed by atoms with E-state index in [1.807, 2.05) is 18.2 Å². The van der Waals surface area contributed by atoms with Crippen molar-refractivity contribution in [2.75, 3.05) is 14.2 Å². The summed E-state index contributed by atoms with van der Waals surface area (Å²) in [6.45, 7) is 2.06. The molecule has 6 nitrogen and oxygen atoms in total. The summed E-state index contributed by atoms with van der Waals surface area (Å²) < 4.78 is 11.2. The minimum atomic E-state index is -0.249. The Hall–Kier alpha value is -3.28. The minimum absolute atomic E-state index is 0.0237. The van der Waals surface area contributed by atoms with Crippen LogP contribution in [0.3, 0.4) is 0 Å². The number of rotatable bonds is 5. The van der Waals surface area contributed by atoms with Crippen molar-refractivity contribution in [2.45, 2.75) is 44.7 Å². The summed E-state index contributed by atoms with van der Waals surface area (Å²) in [6, 6.07) is 14.1. The molecule has 2 aromatic carbocycles. The SMILES string of the molecule is COc1ccc(C2c3c(-c4ccc(C)cc4)n[nH]c3C(=O)N2C2CCCC2)c(OC)c1. The fourth-order valence-corrected chi connectivity index (χ4v) is 5.01. The second-order valence-electron chi connectivity index (χ2n) is 8.39. The van der Waals surface area contributed by atoms with Crippen LogP contribution in [0.4, 0.5) is 0 Å². The molecule has 1 unspecified atom stereocenters. The van der Waals surface area contributed by atoms with Crippen molar-refractivity contribution in [1.29, 1.82) is 0 Å². The van der Waals surface area contributed by atoms with E-state index in [2.05, 4.69) is 46.3 Å². The lowest BCUT2D eigenvalue weighted by Crippen LogP contribution is -2.37. The highest BCUT2D eigenvalue weighted by molar-refractivity contribution is 6.00.